The predicted molar refractivity (Wildman–Crippen MR) is 71.8 cm³/mol. The SMILES string of the molecule is O=C(Oc1ccc([N+](=O)[O-])cc1)C(O)c1ccc(O)cc1. The number of phenolic OH excluding ortho intramolecular Hbond substituents is 1. The van der Waals surface area contributed by atoms with Gasteiger partial charge >= 0.3 is 5.97 Å². The lowest BCUT2D eigenvalue weighted by Gasteiger charge is -2.10. The quantitative estimate of drug-likeness (QED) is 0.385. The summed E-state index contributed by atoms with van der Waals surface area (Å²) in [5.41, 5.74) is 0.133. The number of nitro benzene ring substituents is 1. The highest BCUT2D eigenvalue weighted by molar-refractivity contribution is 5.78. The van der Waals surface area contributed by atoms with Crippen LogP contribution in [0.5, 0.6) is 11.5 Å². The maximum Gasteiger partial charge on any atom is 0.345 e. The molecule has 0 aliphatic heterocycles. The van der Waals surface area contributed by atoms with Gasteiger partial charge in [-0.2, -0.15) is 0 Å². The summed E-state index contributed by atoms with van der Waals surface area (Å²) in [6.45, 7) is 0. The zero-order valence-corrected chi connectivity index (χ0v) is 10.7. The third-order valence-corrected chi connectivity index (χ3v) is 2.70. The maximum absolute atomic E-state index is 11.7. The number of benzene rings is 2. The van der Waals surface area contributed by atoms with Gasteiger partial charge in [0.1, 0.15) is 11.5 Å². The summed E-state index contributed by atoms with van der Waals surface area (Å²) in [6, 6.07) is 10.3. The van der Waals surface area contributed by atoms with Crippen molar-refractivity contribution in [1.29, 1.82) is 0 Å². The normalized spacial score (nSPS) is 11.7. The number of non-ortho nitro benzene ring substituents is 1. The molecule has 2 N–H and O–H groups in total. The van der Waals surface area contributed by atoms with Crippen LogP contribution in [0.3, 0.4) is 0 Å². The van der Waals surface area contributed by atoms with Crippen LogP contribution >= 0.6 is 0 Å². The molecule has 0 amide bonds. The molecule has 0 radical (unpaired) electrons. The minimum absolute atomic E-state index is 0.00897. The molecule has 7 heteroatoms. The van der Waals surface area contributed by atoms with Crippen molar-refractivity contribution in [2.45, 2.75) is 6.10 Å². The second-order valence-electron chi connectivity index (χ2n) is 4.17. The first-order valence-corrected chi connectivity index (χ1v) is 5.90. The Kier molecular flexibility index (Phi) is 4.15. The van der Waals surface area contributed by atoms with Gasteiger partial charge in [0.25, 0.3) is 5.69 Å². The van der Waals surface area contributed by atoms with Crippen LogP contribution in [0.1, 0.15) is 11.7 Å². The molecule has 0 heterocycles. The number of hydrogen-bond acceptors (Lipinski definition) is 6. The number of esters is 1. The number of phenols is 1. The Labute approximate surface area is 119 Å². The van der Waals surface area contributed by atoms with Crippen molar-refractivity contribution >= 4 is 11.7 Å². The zero-order chi connectivity index (χ0) is 15.4. The molecular formula is C14H11NO6. The van der Waals surface area contributed by atoms with Crippen molar-refractivity contribution in [3.8, 4) is 11.5 Å². The molecule has 1 atom stereocenters. The number of rotatable bonds is 4. The standard InChI is InChI=1S/C14H11NO6/c16-11-5-1-9(2-6-11)13(17)14(18)21-12-7-3-10(4-8-12)15(19)20/h1-8,13,16-17H. The number of carbonyl (C=O) groups is 1. The van der Waals surface area contributed by atoms with Crippen LogP contribution < -0.4 is 4.74 Å². The molecule has 0 fully saturated rings. The predicted octanol–water partition coefficient (Wildman–Crippen LogP) is 1.94. The average Bonchev–Trinajstić information content (AvgIpc) is 2.47. The van der Waals surface area contributed by atoms with Crippen molar-refractivity contribution < 1.29 is 24.7 Å². The van der Waals surface area contributed by atoms with E-state index in [1.165, 1.54) is 48.5 Å². The van der Waals surface area contributed by atoms with Gasteiger partial charge in [0.05, 0.1) is 4.92 Å². The van der Waals surface area contributed by atoms with E-state index in [1.807, 2.05) is 0 Å². The summed E-state index contributed by atoms with van der Waals surface area (Å²) in [4.78, 5) is 21.7. The number of nitrogens with zero attached hydrogens (tertiary/aromatic N) is 1. The molecule has 0 saturated heterocycles. The molecule has 108 valence electrons. The average molecular weight is 289 g/mol. The van der Waals surface area contributed by atoms with E-state index < -0.39 is 17.0 Å². The second kappa shape index (κ2) is 6.02. The molecule has 0 bridgehead atoms. The van der Waals surface area contributed by atoms with Crippen molar-refractivity contribution in [1.82, 2.24) is 0 Å². The van der Waals surface area contributed by atoms with Crippen molar-refractivity contribution in [3.63, 3.8) is 0 Å². The first-order valence-electron chi connectivity index (χ1n) is 5.90. The monoisotopic (exact) mass is 289 g/mol. The van der Waals surface area contributed by atoms with Gasteiger partial charge in [-0.15, -0.1) is 0 Å². The number of aromatic hydroxyl groups is 1. The van der Waals surface area contributed by atoms with Gasteiger partial charge in [-0.1, -0.05) is 12.1 Å². The van der Waals surface area contributed by atoms with Crippen LogP contribution in [0.4, 0.5) is 5.69 Å². The summed E-state index contributed by atoms with van der Waals surface area (Å²) in [5, 5.41) is 29.4. The summed E-state index contributed by atoms with van der Waals surface area (Å²) >= 11 is 0. The number of aliphatic hydroxyl groups excluding tert-OH is 1. The van der Waals surface area contributed by atoms with Crippen LogP contribution in [0.2, 0.25) is 0 Å². The minimum atomic E-state index is -1.51. The van der Waals surface area contributed by atoms with E-state index in [2.05, 4.69) is 0 Å². The van der Waals surface area contributed by atoms with E-state index in [0.29, 0.717) is 0 Å². The molecule has 21 heavy (non-hydrogen) atoms. The number of nitro groups is 1. The number of ether oxygens (including phenoxy) is 1. The molecule has 0 aromatic heterocycles. The molecule has 0 saturated carbocycles. The lowest BCUT2D eigenvalue weighted by molar-refractivity contribution is -0.384. The lowest BCUT2D eigenvalue weighted by Crippen LogP contribution is -2.18. The number of carbonyl (C=O) groups excluding carboxylic acids is 1. The van der Waals surface area contributed by atoms with Crippen molar-refractivity contribution in [2.75, 3.05) is 0 Å². The summed E-state index contributed by atoms with van der Waals surface area (Å²) in [5.74, 6) is -0.826. The smallest absolute Gasteiger partial charge is 0.345 e. The second-order valence-corrected chi connectivity index (χ2v) is 4.17. The Hall–Kier alpha value is -2.93. The fourth-order valence-corrected chi connectivity index (χ4v) is 1.60. The Morgan fingerprint density at radius 1 is 1.10 bits per heavy atom. The first kappa shape index (κ1) is 14.5. The van der Waals surface area contributed by atoms with E-state index >= 15 is 0 Å². The van der Waals surface area contributed by atoms with Gasteiger partial charge in [-0.25, -0.2) is 4.79 Å². The summed E-state index contributed by atoms with van der Waals surface area (Å²) in [7, 11) is 0. The van der Waals surface area contributed by atoms with Gasteiger partial charge in [0.15, 0.2) is 6.10 Å². The van der Waals surface area contributed by atoms with Gasteiger partial charge < -0.3 is 14.9 Å². The van der Waals surface area contributed by atoms with Gasteiger partial charge in [0, 0.05) is 12.1 Å². The molecular weight excluding hydrogens is 278 g/mol. The van der Waals surface area contributed by atoms with E-state index in [4.69, 9.17) is 9.84 Å². The van der Waals surface area contributed by atoms with Crippen LogP contribution in [0.15, 0.2) is 48.5 Å². The van der Waals surface area contributed by atoms with Crippen LogP contribution in [-0.4, -0.2) is 21.1 Å². The van der Waals surface area contributed by atoms with Crippen molar-refractivity contribution in [2.24, 2.45) is 0 Å². The summed E-state index contributed by atoms with van der Waals surface area (Å²) < 4.78 is 4.92. The zero-order valence-electron chi connectivity index (χ0n) is 10.7. The van der Waals surface area contributed by atoms with Gasteiger partial charge in [-0.05, 0) is 29.8 Å². The fraction of sp³-hybridized carbons (Fsp3) is 0.0714. The summed E-state index contributed by atoms with van der Waals surface area (Å²) in [6.07, 6.45) is -1.51. The molecule has 2 aromatic carbocycles. The van der Waals surface area contributed by atoms with Gasteiger partial charge in [-0.3, -0.25) is 10.1 Å². The number of hydrogen-bond donors (Lipinski definition) is 2. The van der Waals surface area contributed by atoms with E-state index in [1.54, 1.807) is 0 Å². The fourth-order valence-electron chi connectivity index (χ4n) is 1.60. The highest BCUT2D eigenvalue weighted by Gasteiger charge is 2.20. The largest absolute Gasteiger partial charge is 0.508 e. The van der Waals surface area contributed by atoms with E-state index in [-0.39, 0.29) is 22.7 Å². The molecule has 2 aromatic rings. The van der Waals surface area contributed by atoms with Gasteiger partial charge in [0.2, 0.25) is 0 Å². The number of aliphatic hydroxyl groups is 1. The molecule has 0 spiro atoms. The minimum Gasteiger partial charge on any atom is -0.508 e. The van der Waals surface area contributed by atoms with E-state index in [0.717, 1.165) is 0 Å². The Balaban J connectivity index is 2.06. The third-order valence-electron chi connectivity index (χ3n) is 2.70. The first-order chi connectivity index (χ1) is 9.97. The van der Waals surface area contributed by atoms with Crippen molar-refractivity contribution in [3.05, 3.63) is 64.2 Å². The molecule has 0 aliphatic carbocycles. The van der Waals surface area contributed by atoms with Crippen LogP contribution in [0.25, 0.3) is 0 Å². The van der Waals surface area contributed by atoms with Crippen LogP contribution in [-0.2, 0) is 4.79 Å². The maximum atomic E-state index is 11.7. The topological polar surface area (TPSA) is 110 Å². The van der Waals surface area contributed by atoms with E-state index in [9.17, 15) is 20.0 Å². The Morgan fingerprint density at radius 3 is 2.19 bits per heavy atom. The molecule has 0 aliphatic rings. The highest BCUT2D eigenvalue weighted by Crippen LogP contribution is 2.21. The Morgan fingerprint density at radius 2 is 1.67 bits per heavy atom. The Bertz CT molecular complexity index is 650. The third kappa shape index (κ3) is 3.54. The van der Waals surface area contributed by atoms with Crippen LogP contribution in [0, 0.1) is 10.1 Å². The molecule has 2 rings (SSSR count). The molecule has 7 nitrogen and oxygen atoms in total. The highest BCUT2D eigenvalue weighted by atomic mass is 16.6. The lowest BCUT2D eigenvalue weighted by atomic mass is 10.1. The molecule has 1 unspecified atom stereocenters.